The van der Waals surface area contributed by atoms with Gasteiger partial charge in [0.2, 0.25) is 0 Å². The van der Waals surface area contributed by atoms with Crippen molar-refractivity contribution in [2.45, 2.75) is 12.5 Å². The van der Waals surface area contributed by atoms with Crippen LogP contribution in [0.15, 0.2) is 18.5 Å². The van der Waals surface area contributed by atoms with Gasteiger partial charge in [0, 0.05) is 31.0 Å². The van der Waals surface area contributed by atoms with Gasteiger partial charge in [-0.05, 0) is 12.5 Å². The Labute approximate surface area is 105 Å². The molecule has 0 spiro atoms. The van der Waals surface area contributed by atoms with Gasteiger partial charge in [-0.2, -0.15) is 0 Å². The first kappa shape index (κ1) is 12.6. The maximum atomic E-state index is 12.1. The monoisotopic (exact) mass is 246 g/mol. The minimum absolute atomic E-state index is 0.147. The quantitative estimate of drug-likeness (QED) is 0.663. The average Bonchev–Trinajstić information content (AvgIpc) is 2.82. The van der Waals surface area contributed by atoms with Gasteiger partial charge in [-0.15, -0.1) is 0 Å². The van der Waals surface area contributed by atoms with Crippen LogP contribution in [-0.2, 0) is 0 Å². The van der Waals surface area contributed by atoms with Crippen molar-refractivity contribution in [3.8, 4) is 11.8 Å². The van der Waals surface area contributed by atoms with Crippen molar-refractivity contribution >= 4 is 5.91 Å². The van der Waals surface area contributed by atoms with Gasteiger partial charge in [0.1, 0.15) is 6.61 Å². The summed E-state index contributed by atoms with van der Waals surface area (Å²) in [5.41, 5.74) is 1.04. The van der Waals surface area contributed by atoms with Crippen molar-refractivity contribution in [3.63, 3.8) is 0 Å². The molecular formula is C13H14N2O3. The van der Waals surface area contributed by atoms with Gasteiger partial charge < -0.3 is 15.1 Å². The van der Waals surface area contributed by atoms with E-state index >= 15 is 0 Å². The molecule has 1 fully saturated rings. The number of pyridine rings is 1. The van der Waals surface area contributed by atoms with Crippen LogP contribution in [0.25, 0.3) is 0 Å². The first-order valence-electron chi connectivity index (χ1n) is 5.73. The molecule has 1 aliphatic rings. The second-order valence-electron chi connectivity index (χ2n) is 4.12. The topological polar surface area (TPSA) is 73.7 Å². The van der Waals surface area contributed by atoms with Crippen LogP contribution >= 0.6 is 0 Å². The van der Waals surface area contributed by atoms with E-state index in [2.05, 4.69) is 16.8 Å². The highest BCUT2D eigenvalue weighted by Crippen LogP contribution is 2.13. The number of carbonyl (C=O) groups excluding carboxylic acids is 1. The molecule has 0 bridgehead atoms. The van der Waals surface area contributed by atoms with Crippen LogP contribution < -0.4 is 0 Å². The van der Waals surface area contributed by atoms with Gasteiger partial charge in [0.15, 0.2) is 0 Å². The number of nitrogens with zero attached hydrogens (tertiary/aromatic N) is 2. The summed E-state index contributed by atoms with van der Waals surface area (Å²) in [5, 5.41) is 18.0. The summed E-state index contributed by atoms with van der Waals surface area (Å²) in [6.07, 6.45) is 3.21. The van der Waals surface area contributed by atoms with E-state index in [1.807, 2.05) is 0 Å². The largest absolute Gasteiger partial charge is 0.391 e. The molecule has 0 aliphatic carbocycles. The Bertz CT molecular complexity index is 504. The maximum absolute atomic E-state index is 12.1. The zero-order chi connectivity index (χ0) is 13.0. The molecule has 5 heteroatoms. The van der Waals surface area contributed by atoms with Crippen LogP contribution in [0.1, 0.15) is 22.3 Å². The molecule has 1 aliphatic heterocycles. The van der Waals surface area contributed by atoms with Crippen LogP contribution in [0.4, 0.5) is 0 Å². The molecule has 5 nitrogen and oxygen atoms in total. The second-order valence-corrected chi connectivity index (χ2v) is 4.12. The number of aromatic nitrogens is 1. The molecule has 1 saturated heterocycles. The smallest absolute Gasteiger partial charge is 0.255 e. The van der Waals surface area contributed by atoms with Crippen molar-refractivity contribution in [2.75, 3.05) is 19.7 Å². The van der Waals surface area contributed by atoms with E-state index in [4.69, 9.17) is 5.11 Å². The lowest BCUT2D eigenvalue weighted by molar-refractivity contribution is 0.0764. The number of likely N-dealkylation sites (tertiary alicyclic amines) is 1. The second kappa shape index (κ2) is 5.63. The van der Waals surface area contributed by atoms with E-state index in [0.29, 0.717) is 30.6 Å². The summed E-state index contributed by atoms with van der Waals surface area (Å²) in [6.45, 7) is 0.703. The van der Waals surface area contributed by atoms with E-state index < -0.39 is 6.10 Å². The van der Waals surface area contributed by atoms with Crippen LogP contribution in [0.2, 0.25) is 0 Å². The third-order valence-electron chi connectivity index (χ3n) is 2.75. The van der Waals surface area contributed by atoms with E-state index in [0.717, 1.165) is 0 Å². The number of hydrogen-bond acceptors (Lipinski definition) is 4. The van der Waals surface area contributed by atoms with Crippen molar-refractivity contribution in [1.82, 2.24) is 9.88 Å². The molecule has 1 amide bonds. The Kier molecular flexibility index (Phi) is 3.92. The summed E-state index contributed by atoms with van der Waals surface area (Å²) in [7, 11) is 0. The number of rotatable bonds is 1. The Morgan fingerprint density at radius 2 is 2.39 bits per heavy atom. The molecule has 0 saturated carbocycles. The normalized spacial score (nSPS) is 18.3. The van der Waals surface area contributed by atoms with Crippen molar-refractivity contribution < 1.29 is 15.0 Å². The Morgan fingerprint density at radius 3 is 3.06 bits per heavy atom. The molecule has 1 atom stereocenters. The van der Waals surface area contributed by atoms with Gasteiger partial charge in [0.25, 0.3) is 5.91 Å². The highest BCUT2D eigenvalue weighted by molar-refractivity contribution is 5.94. The molecule has 0 radical (unpaired) electrons. The van der Waals surface area contributed by atoms with Gasteiger partial charge in [0.05, 0.1) is 11.7 Å². The van der Waals surface area contributed by atoms with Gasteiger partial charge in [-0.1, -0.05) is 11.8 Å². The number of amides is 1. The Balaban J connectivity index is 2.15. The van der Waals surface area contributed by atoms with E-state index in [9.17, 15) is 9.90 Å². The molecule has 2 rings (SSSR count). The van der Waals surface area contributed by atoms with Crippen LogP contribution in [0.3, 0.4) is 0 Å². The molecule has 2 N–H and O–H groups in total. The minimum Gasteiger partial charge on any atom is -0.391 e. The number of hydrogen-bond donors (Lipinski definition) is 2. The summed E-state index contributed by atoms with van der Waals surface area (Å²) in [4.78, 5) is 17.7. The lowest BCUT2D eigenvalue weighted by Gasteiger charge is -2.15. The zero-order valence-electron chi connectivity index (χ0n) is 9.83. The highest BCUT2D eigenvalue weighted by atomic mass is 16.3. The summed E-state index contributed by atoms with van der Waals surface area (Å²) in [6, 6.07) is 1.64. The number of β-amino-alcohol motifs (C(OH)–C–C–N with tert-alkyl or cyclic N) is 1. The van der Waals surface area contributed by atoms with E-state index in [1.165, 1.54) is 12.4 Å². The van der Waals surface area contributed by atoms with Crippen molar-refractivity contribution in [3.05, 3.63) is 29.6 Å². The van der Waals surface area contributed by atoms with Gasteiger partial charge in [-0.25, -0.2) is 0 Å². The first-order valence-corrected chi connectivity index (χ1v) is 5.73. The maximum Gasteiger partial charge on any atom is 0.255 e. The zero-order valence-corrected chi connectivity index (χ0v) is 9.83. The highest BCUT2D eigenvalue weighted by Gasteiger charge is 2.25. The van der Waals surface area contributed by atoms with Crippen LogP contribution in [0, 0.1) is 11.8 Å². The van der Waals surface area contributed by atoms with Crippen LogP contribution in [0.5, 0.6) is 0 Å². The average molecular weight is 246 g/mol. The third kappa shape index (κ3) is 2.86. The Morgan fingerprint density at radius 1 is 1.56 bits per heavy atom. The van der Waals surface area contributed by atoms with E-state index in [1.54, 1.807) is 11.0 Å². The first-order chi connectivity index (χ1) is 8.70. The van der Waals surface area contributed by atoms with E-state index in [-0.39, 0.29) is 12.5 Å². The lowest BCUT2D eigenvalue weighted by atomic mass is 10.2. The standard InChI is InChI=1S/C13H14N2O3/c16-5-1-2-10-6-11(8-14-7-10)13(18)15-4-3-12(17)9-15/h6-8,12,16-17H,3-5,9H2. The molecule has 2 heterocycles. The molecule has 0 aromatic carbocycles. The molecule has 1 aromatic rings. The van der Waals surface area contributed by atoms with Gasteiger partial charge >= 0.3 is 0 Å². The fourth-order valence-corrected chi connectivity index (χ4v) is 1.88. The minimum atomic E-state index is -0.431. The van der Waals surface area contributed by atoms with Gasteiger partial charge in [-0.3, -0.25) is 9.78 Å². The van der Waals surface area contributed by atoms with Crippen molar-refractivity contribution in [1.29, 1.82) is 0 Å². The van der Waals surface area contributed by atoms with Crippen LogP contribution in [-0.4, -0.2) is 51.8 Å². The molecular weight excluding hydrogens is 232 g/mol. The Hall–Kier alpha value is -1.90. The SMILES string of the molecule is O=C(c1cncc(C#CCO)c1)N1CCC(O)C1. The predicted octanol–water partition coefficient (Wildman–Crippen LogP) is -0.368. The molecule has 94 valence electrons. The summed E-state index contributed by atoms with van der Waals surface area (Å²) in [5.74, 6) is 5.07. The number of carbonyl (C=O) groups is 1. The summed E-state index contributed by atoms with van der Waals surface area (Å²) < 4.78 is 0. The predicted molar refractivity (Wildman–Crippen MR) is 64.7 cm³/mol. The summed E-state index contributed by atoms with van der Waals surface area (Å²) >= 11 is 0. The number of aliphatic hydroxyl groups excluding tert-OH is 2. The fraction of sp³-hybridized carbons (Fsp3) is 0.385. The molecule has 1 unspecified atom stereocenters. The molecule has 18 heavy (non-hydrogen) atoms. The van der Waals surface area contributed by atoms with Crippen molar-refractivity contribution in [2.24, 2.45) is 0 Å². The fourth-order valence-electron chi connectivity index (χ4n) is 1.88. The number of aliphatic hydroxyl groups is 2. The lowest BCUT2D eigenvalue weighted by Crippen LogP contribution is -2.29. The molecule has 1 aromatic heterocycles. The third-order valence-corrected chi connectivity index (χ3v) is 2.75.